The summed E-state index contributed by atoms with van der Waals surface area (Å²) in [6.07, 6.45) is 1.13. The first-order valence-corrected chi connectivity index (χ1v) is 5.90. The zero-order valence-corrected chi connectivity index (χ0v) is 10.7. The largest absolute Gasteiger partial charge is 0.478 e. The van der Waals surface area contributed by atoms with Crippen LogP contribution in [0.2, 0.25) is 0 Å². The molecule has 0 saturated carbocycles. The Morgan fingerprint density at radius 3 is 2.62 bits per heavy atom. The molecule has 2 rings (SSSR count). The van der Waals surface area contributed by atoms with Gasteiger partial charge in [0.05, 0.1) is 11.1 Å². The summed E-state index contributed by atoms with van der Waals surface area (Å²) in [5.41, 5.74) is 0.161. The molecule has 2 aromatic rings. The second kappa shape index (κ2) is 6.47. The van der Waals surface area contributed by atoms with E-state index in [-0.39, 0.29) is 22.7 Å². The maximum Gasteiger partial charge on any atom is 0.337 e. The highest BCUT2D eigenvalue weighted by molar-refractivity contribution is 6.05. The van der Waals surface area contributed by atoms with E-state index in [0.717, 1.165) is 6.20 Å². The minimum atomic E-state index is -1.11. The van der Waals surface area contributed by atoms with Gasteiger partial charge in [-0.15, -0.1) is 0 Å². The van der Waals surface area contributed by atoms with Crippen molar-refractivity contribution in [2.24, 2.45) is 0 Å². The normalized spacial score (nSPS) is 9.95. The number of para-hydroxylation sites is 1. The number of aromatic carboxylic acids is 1. The van der Waals surface area contributed by atoms with Gasteiger partial charge in [-0.25, -0.2) is 14.2 Å². The molecule has 0 aliphatic heterocycles. The van der Waals surface area contributed by atoms with Crippen molar-refractivity contribution in [1.29, 1.82) is 0 Å². The van der Waals surface area contributed by atoms with Gasteiger partial charge in [0, 0.05) is 6.20 Å². The Morgan fingerprint density at radius 2 is 2.00 bits per heavy atom. The number of amides is 1. The van der Waals surface area contributed by atoms with Gasteiger partial charge in [-0.1, -0.05) is 12.1 Å². The smallest absolute Gasteiger partial charge is 0.337 e. The van der Waals surface area contributed by atoms with E-state index in [9.17, 15) is 14.0 Å². The molecule has 0 spiro atoms. The highest BCUT2D eigenvalue weighted by Crippen LogP contribution is 2.19. The first kappa shape index (κ1) is 14.4. The average Bonchev–Trinajstić information content (AvgIpc) is 2.48. The van der Waals surface area contributed by atoms with Crippen LogP contribution in [0.4, 0.5) is 10.2 Å². The summed E-state index contributed by atoms with van der Waals surface area (Å²) in [4.78, 5) is 26.6. The Morgan fingerprint density at radius 1 is 1.24 bits per heavy atom. The lowest BCUT2D eigenvalue weighted by molar-refractivity contribution is 0.0696. The number of carbonyl (C=O) groups is 2. The van der Waals surface area contributed by atoms with Crippen LogP contribution in [-0.4, -0.2) is 28.8 Å². The van der Waals surface area contributed by atoms with Crippen molar-refractivity contribution < 1.29 is 23.8 Å². The number of rotatable bonds is 5. The number of alkyl halides is 1. The Labute approximate surface area is 119 Å². The predicted molar refractivity (Wildman–Crippen MR) is 72.2 cm³/mol. The molecule has 21 heavy (non-hydrogen) atoms. The molecule has 1 aromatic heterocycles. The van der Waals surface area contributed by atoms with Crippen LogP contribution in [-0.2, 0) is 0 Å². The zero-order valence-electron chi connectivity index (χ0n) is 10.7. The van der Waals surface area contributed by atoms with Gasteiger partial charge < -0.3 is 15.2 Å². The van der Waals surface area contributed by atoms with Crippen LogP contribution >= 0.6 is 0 Å². The fourth-order valence-electron chi connectivity index (χ4n) is 1.62. The predicted octanol–water partition coefficient (Wildman–Crippen LogP) is 2.34. The molecule has 0 fully saturated rings. The molecular formula is C14H11FN2O4. The van der Waals surface area contributed by atoms with Crippen LogP contribution in [0.15, 0.2) is 42.6 Å². The number of pyridine rings is 1. The second-order valence-electron chi connectivity index (χ2n) is 3.94. The Kier molecular flexibility index (Phi) is 4.45. The van der Waals surface area contributed by atoms with Gasteiger partial charge >= 0.3 is 5.97 Å². The van der Waals surface area contributed by atoms with Crippen LogP contribution in [0.1, 0.15) is 20.7 Å². The Hall–Kier alpha value is -2.96. The number of hydrogen-bond acceptors (Lipinski definition) is 4. The van der Waals surface area contributed by atoms with Crippen LogP contribution in [0.5, 0.6) is 5.75 Å². The van der Waals surface area contributed by atoms with Gasteiger partial charge in [0.15, 0.2) is 0 Å². The van der Waals surface area contributed by atoms with Crippen molar-refractivity contribution in [2.75, 3.05) is 12.2 Å². The quantitative estimate of drug-likeness (QED) is 0.882. The van der Waals surface area contributed by atoms with E-state index in [2.05, 4.69) is 10.3 Å². The second-order valence-corrected chi connectivity index (χ2v) is 3.94. The molecule has 1 heterocycles. The van der Waals surface area contributed by atoms with E-state index < -0.39 is 18.7 Å². The number of halogens is 1. The van der Waals surface area contributed by atoms with E-state index in [1.165, 1.54) is 24.3 Å². The summed E-state index contributed by atoms with van der Waals surface area (Å²) in [7, 11) is 0. The monoisotopic (exact) mass is 290 g/mol. The minimum Gasteiger partial charge on any atom is -0.478 e. The van der Waals surface area contributed by atoms with Crippen molar-refractivity contribution >= 4 is 17.7 Å². The van der Waals surface area contributed by atoms with Gasteiger partial charge in [-0.3, -0.25) is 4.79 Å². The molecule has 0 saturated heterocycles. The first-order valence-electron chi connectivity index (χ1n) is 5.90. The lowest BCUT2D eigenvalue weighted by Gasteiger charge is -2.09. The Balaban J connectivity index is 2.16. The number of benzene rings is 1. The van der Waals surface area contributed by atoms with Crippen LogP contribution in [0, 0.1) is 0 Å². The third-order valence-electron chi connectivity index (χ3n) is 2.59. The summed E-state index contributed by atoms with van der Waals surface area (Å²) in [5.74, 6) is -1.35. The van der Waals surface area contributed by atoms with Gasteiger partial charge in [0.1, 0.15) is 11.6 Å². The van der Waals surface area contributed by atoms with E-state index >= 15 is 0 Å². The third kappa shape index (κ3) is 3.53. The standard InChI is InChI=1S/C14H11FN2O4/c15-8-21-11-4-2-1-3-10(11)13(18)17-12-6-5-9(7-16-12)14(19)20/h1-7H,8H2,(H,19,20)(H,16,17,18). The number of anilines is 1. The summed E-state index contributed by atoms with van der Waals surface area (Å²) in [5, 5.41) is 11.2. The Bertz CT molecular complexity index is 658. The SMILES string of the molecule is O=C(O)c1ccc(NC(=O)c2ccccc2OCF)nc1. The number of nitrogens with one attached hydrogen (secondary N) is 1. The lowest BCUT2D eigenvalue weighted by atomic mass is 10.2. The van der Waals surface area contributed by atoms with Crippen molar-refractivity contribution in [3.63, 3.8) is 0 Å². The highest BCUT2D eigenvalue weighted by atomic mass is 19.1. The van der Waals surface area contributed by atoms with Gasteiger partial charge in [0.2, 0.25) is 6.86 Å². The molecule has 0 bridgehead atoms. The van der Waals surface area contributed by atoms with Crippen LogP contribution < -0.4 is 10.1 Å². The van der Waals surface area contributed by atoms with Gasteiger partial charge in [-0.05, 0) is 24.3 Å². The summed E-state index contributed by atoms with van der Waals surface area (Å²) in [6, 6.07) is 8.85. The number of nitrogens with zero attached hydrogens (tertiary/aromatic N) is 1. The average molecular weight is 290 g/mol. The summed E-state index contributed by atoms with van der Waals surface area (Å²) in [6.45, 7) is -1.05. The molecule has 0 unspecified atom stereocenters. The van der Waals surface area contributed by atoms with Gasteiger partial charge in [-0.2, -0.15) is 0 Å². The summed E-state index contributed by atoms with van der Waals surface area (Å²) < 4.78 is 17.0. The molecule has 0 aliphatic carbocycles. The summed E-state index contributed by atoms with van der Waals surface area (Å²) >= 11 is 0. The first-order chi connectivity index (χ1) is 10.1. The molecule has 108 valence electrons. The number of ether oxygens (including phenoxy) is 1. The van der Waals surface area contributed by atoms with E-state index in [0.29, 0.717) is 0 Å². The van der Waals surface area contributed by atoms with Crippen molar-refractivity contribution in [3.8, 4) is 5.75 Å². The molecule has 0 aliphatic rings. The molecule has 1 amide bonds. The van der Waals surface area contributed by atoms with Crippen molar-refractivity contribution in [3.05, 3.63) is 53.7 Å². The molecule has 0 radical (unpaired) electrons. The number of carboxylic acids is 1. The van der Waals surface area contributed by atoms with E-state index in [4.69, 9.17) is 9.84 Å². The lowest BCUT2D eigenvalue weighted by Crippen LogP contribution is -2.14. The number of aromatic nitrogens is 1. The zero-order chi connectivity index (χ0) is 15.2. The molecule has 7 heteroatoms. The third-order valence-corrected chi connectivity index (χ3v) is 2.59. The molecule has 6 nitrogen and oxygen atoms in total. The number of carbonyl (C=O) groups excluding carboxylic acids is 1. The van der Waals surface area contributed by atoms with E-state index in [1.54, 1.807) is 12.1 Å². The molecular weight excluding hydrogens is 279 g/mol. The van der Waals surface area contributed by atoms with Gasteiger partial charge in [0.25, 0.3) is 5.91 Å². The van der Waals surface area contributed by atoms with E-state index in [1.807, 2.05) is 0 Å². The van der Waals surface area contributed by atoms with Crippen LogP contribution in [0.3, 0.4) is 0 Å². The fraction of sp³-hybridized carbons (Fsp3) is 0.0714. The van der Waals surface area contributed by atoms with Crippen molar-refractivity contribution in [2.45, 2.75) is 0 Å². The van der Waals surface area contributed by atoms with Crippen LogP contribution in [0.25, 0.3) is 0 Å². The minimum absolute atomic E-state index is 0.00848. The fourth-order valence-corrected chi connectivity index (χ4v) is 1.62. The molecule has 2 N–H and O–H groups in total. The molecule has 0 atom stereocenters. The number of carboxylic acid groups (broad SMARTS) is 1. The maximum atomic E-state index is 12.2. The highest BCUT2D eigenvalue weighted by Gasteiger charge is 2.13. The number of hydrogen-bond donors (Lipinski definition) is 2. The molecule has 1 aromatic carbocycles. The topological polar surface area (TPSA) is 88.5 Å². The maximum absolute atomic E-state index is 12.2. The van der Waals surface area contributed by atoms with Crippen molar-refractivity contribution in [1.82, 2.24) is 4.98 Å².